The summed E-state index contributed by atoms with van der Waals surface area (Å²) in [5.41, 5.74) is 0. The molecule has 8 heteroatoms. The lowest BCUT2D eigenvalue weighted by Gasteiger charge is -2.25. The summed E-state index contributed by atoms with van der Waals surface area (Å²) >= 11 is 5.66. The second-order valence-electron chi connectivity index (χ2n) is 4.70. The Hall–Kier alpha value is -1.08. The Morgan fingerprint density at radius 3 is 2.50 bits per heavy atom. The average Bonchev–Trinajstić information content (AvgIpc) is 2.32. The van der Waals surface area contributed by atoms with Crippen molar-refractivity contribution >= 4 is 17.4 Å². The monoisotopic (exact) mass is 311 g/mol. The second kappa shape index (κ2) is 7.08. The molecular weight excluding hydrogens is 295 g/mol. The highest BCUT2D eigenvalue weighted by molar-refractivity contribution is 6.29. The fraction of sp³-hybridized carbons (Fsp3) is 0.667. The lowest BCUT2D eigenvalue weighted by molar-refractivity contribution is -0.144. The number of hydrogen-bond acceptors (Lipinski definition) is 4. The van der Waals surface area contributed by atoms with Gasteiger partial charge in [0.1, 0.15) is 11.0 Å². The van der Waals surface area contributed by atoms with E-state index in [-0.39, 0.29) is 16.9 Å². The smallest absolute Gasteiger partial charge is 0.383 e. The van der Waals surface area contributed by atoms with Crippen molar-refractivity contribution in [2.75, 3.05) is 31.7 Å². The normalized spacial score (nSPS) is 12.0. The van der Waals surface area contributed by atoms with Crippen LogP contribution in [0.2, 0.25) is 5.15 Å². The van der Waals surface area contributed by atoms with Gasteiger partial charge in [-0.3, -0.25) is 0 Å². The predicted molar refractivity (Wildman–Crippen MR) is 71.0 cm³/mol. The van der Waals surface area contributed by atoms with Crippen LogP contribution in [0.1, 0.15) is 19.7 Å². The van der Waals surface area contributed by atoms with Crippen molar-refractivity contribution in [3.63, 3.8) is 0 Å². The van der Waals surface area contributed by atoms with E-state index in [1.54, 1.807) is 4.90 Å². The van der Waals surface area contributed by atoms with Crippen molar-refractivity contribution < 1.29 is 17.9 Å². The Kier molecular flexibility index (Phi) is 6.01. The summed E-state index contributed by atoms with van der Waals surface area (Å²) in [6.45, 7) is 5.30. The third kappa shape index (κ3) is 5.13. The van der Waals surface area contributed by atoms with Crippen LogP contribution in [0.15, 0.2) is 6.07 Å². The molecule has 1 heterocycles. The van der Waals surface area contributed by atoms with Crippen LogP contribution < -0.4 is 4.90 Å². The highest BCUT2D eigenvalue weighted by Gasteiger charge is 2.35. The molecule has 0 atom stereocenters. The van der Waals surface area contributed by atoms with Gasteiger partial charge in [0.2, 0.25) is 5.82 Å². The van der Waals surface area contributed by atoms with E-state index in [0.29, 0.717) is 19.7 Å². The van der Waals surface area contributed by atoms with Gasteiger partial charge in [0.05, 0.1) is 6.61 Å². The fourth-order valence-corrected chi connectivity index (χ4v) is 1.81. The highest BCUT2D eigenvalue weighted by Crippen LogP contribution is 2.29. The number of aromatic nitrogens is 2. The van der Waals surface area contributed by atoms with Gasteiger partial charge in [0.15, 0.2) is 0 Å². The lowest BCUT2D eigenvalue weighted by Crippen LogP contribution is -2.32. The minimum Gasteiger partial charge on any atom is -0.383 e. The zero-order valence-corrected chi connectivity index (χ0v) is 12.3. The molecule has 1 rings (SSSR count). The van der Waals surface area contributed by atoms with Crippen molar-refractivity contribution in [3.05, 3.63) is 17.0 Å². The van der Waals surface area contributed by atoms with E-state index in [4.69, 9.17) is 16.3 Å². The molecule has 0 aliphatic rings. The van der Waals surface area contributed by atoms with Crippen LogP contribution in [0, 0.1) is 5.92 Å². The summed E-state index contributed by atoms with van der Waals surface area (Å²) in [6.07, 6.45) is -4.62. The molecule has 4 nitrogen and oxygen atoms in total. The molecule has 0 saturated heterocycles. The van der Waals surface area contributed by atoms with Gasteiger partial charge in [-0.15, -0.1) is 0 Å². The molecule has 0 aromatic carbocycles. The number of hydrogen-bond donors (Lipinski definition) is 0. The summed E-state index contributed by atoms with van der Waals surface area (Å²) in [5.74, 6) is -0.816. The van der Waals surface area contributed by atoms with Crippen LogP contribution in [0.5, 0.6) is 0 Å². The third-order valence-electron chi connectivity index (χ3n) is 2.41. The molecule has 114 valence electrons. The fourth-order valence-electron chi connectivity index (χ4n) is 1.64. The first-order valence-corrected chi connectivity index (χ1v) is 6.47. The number of methoxy groups -OCH3 is 1. The Bertz CT molecular complexity index is 440. The number of anilines is 1. The third-order valence-corrected chi connectivity index (χ3v) is 2.60. The zero-order valence-electron chi connectivity index (χ0n) is 11.5. The van der Waals surface area contributed by atoms with E-state index in [9.17, 15) is 13.2 Å². The van der Waals surface area contributed by atoms with Crippen molar-refractivity contribution in [1.29, 1.82) is 0 Å². The molecule has 0 amide bonds. The molecule has 0 bridgehead atoms. The summed E-state index contributed by atoms with van der Waals surface area (Å²) < 4.78 is 43.1. The molecule has 20 heavy (non-hydrogen) atoms. The number of rotatable bonds is 6. The van der Waals surface area contributed by atoms with Crippen LogP contribution in [-0.2, 0) is 10.9 Å². The van der Waals surface area contributed by atoms with Crippen LogP contribution >= 0.6 is 11.6 Å². The molecule has 1 aromatic rings. The summed E-state index contributed by atoms with van der Waals surface area (Å²) in [4.78, 5) is 8.48. The summed E-state index contributed by atoms with van der Waals surface area (Å²) in [5, 5.41) is -0.228. The molecule has 0 aliphatic heterocycles. The largest absolute Gasteiger partial charge is 0.451 e. The molecule has 0 saturated carbocycles. The number of ether oxygens (including phenoxy) is 1. The van der Waals surface area contributed by atoms with Gasteiger partial charge < -0.3 is 9.64 Å². The zero-order chi connectivity index (χ0) is 15.3. The standard InChI is InChI=1S/C12H17ClF3N3O/c1-8(2)7-19(4-5-20-3)10-6-9(13)17-11(18-10)12(14,15)16/h6,8H,4-5,7H2,1-3H3. The molecule has 0 aliphatic carbocycles. The van der Waals surface area contributed by atoms with Gasteiger partial charge >= 0.3 is 6.18 Å². The molecule has 0 N–H and O–H groups in total. The minimum absolute atomic E-state index is 0.156. The van der Waals surface area contributed by atoms with Crippen LogP contribution in [-0.4, -0.2) is 36.8 Å². The van der Waals surface area contributed by atoms with E-state index in [1.807, 2.05) is 13.8 Å². The average molecular weight is 312 g/mol. The number of alkyl halides is 3. The van der Waals surface area contributed by atoms with Crippen molar-refractivity contribution in [2.45, 2.75) is 20.0 Å². The first-order valence-electron chi connectivity index (χ1n) is 6.09. The molecule has 1 aromatic heterocycles. The van der Waals surface area contributed by atoms with E-state index in [2.05, 4.69) is 9.97 Å². The maximum Gasteiger partial charge on any atom is 0.451 e. The Morgan fingerprint density at radius 1 is 1.35 bits per heavy atom. The quantitative estimate of drug-likeness (QED) is 0.756. The topological polar surface area (TPSA) is 38.2 Å². The molecule has 0 spiro atoms. The lowest BCUT2D eigenvalue weighted by atomic mass is 10.2. The summed E-state index contributed by atoms with van der Waals surface area (Å²) in [6, 6.07) is 1.33. The SMILES string of the molecule is COCCN(CC(C)C)c1cc(Cl)nc(C(F)(F)F)n1. The Morgan fingerprint density at radius 2 is 2.00 bits per heavy atom. The van der Waals surface area contributed by atoms with Crippen molar-refractivity contribution in [2.24, 2.45) is 5.92 Å². The first kappa shape index (κ1) is 17.0. The van der Waals surface area contributed by atoms with Crippen LogP contribution in [0.4, 0.5) is 19.0 Å². The Balaban J connectivity index is 3.08. The van der Waals surface area contributed by atoms with E-state index >= 15 is 0 Å². The molecule has 0 unspecified atom stereocenters. The number of nitrogens with zero attached hydrogens (tertiary/aromatic N) is 3. The van der Waals surface area contributed by atoms with Gasteiger partial charge in [0, 0.05) is 26.3 Å². The van der Waals surface area contributed by atoms with E-state index in [0.717, 1.165) is 0 Å². The van der Waals surface area contributed by atoms with Gasteiger partial charge in [-0.25, -0.2) is 9.97 Å². The summed E-state index contributed by atoms with van der Waals surface area (Å²) in [7, 11) is 1.53. The van der Waals surface area contributed by atoms with Crippen molar-refractivity contribution in [3.8, 4) is 0 Å². The molecular formula is C12H17ClF3N3O. The predicted octanol–water partition coefficient (Wildman–Crippen LogP) is 3.26. The van der Waals surface area contributed by atoms with Crippen molar-refractivity contribution in [1.82, 2.24) is 9.97 Å². The van der Waals surface area contributed by atoms with Gasteiger partial charge in [-0.05, 0) is 5.92 Å². The maximum absolute atomic E-state index is 12.7. The van der Waals surface area contributed by atoms with Gasteiger partial charge in [0.25, 0.3) is 0 Å². The van der Waals surface area contributed by atoms with Gasteiger partial charge in [-0.2, -0.15) is 13.2 Å². The second-order valence-corrected chi connectivity index (χ2v) is 5.09. The first-order chi connectivity index (χ1) is 9.24. The highest BCUT2D eigenvalue weighted by atomic mass is 35.5. The minimum atomic E-state index is -4.62. The van der Waals surface area contributed by atoms with E-state index in [1.165, 1.54) is 13.2 Å². The Labute approximate surface area is 120 Å². The van der Waals surface area contributed by atoms with Crippen LogP contribution in [0.25, 0.3) is 0 Å². The maximum atomic E-state index is 12.7. The van der Waals surface area contributed by atoms with Gasteiger partial charge in [-0.1, -0.05) is 25.4 Å². The number of halogens is 4. The van der Waals surface area contributed by atoms with Crippen LogP contribution in [0.3, 0.4) is 0 Å². The molecule has 0 fully saturated rings. The molecule has 0 radical (unpaired) electrons. The van der Waals surface area contributed by atoms with E-state index < -0.39 is 12.0 Å².